The quantitative estimate of drug-likeness (QED) is 0.750. The number of carbonyl (C=O) groups is 2. The van der Waals surface area contributed by atoms with Crippen molar-refractivity contribution in [3.05, 3.63) is 78.6 Å². The molecule has 25 heavy (non-hydrogen) atoms. The Balaban J connectivity index is 1.52. The fourth-order valence-electron chi connectivity index (χ4n) is 2.20. The van der Waals surface area contributed by atoms with Gasteiger partial charge in [-0.25, -0.2) is 9.37 Å². The first kappa shape index (κ1) is 16.4. The lowest BCUT2D eigenvalue weighted by Gasteiger charge is -2.08. The summed E-state index contributed by atoms with van der Waals surface area (Å²) in [5, 5.41) is 5.18. The summed E-state index contributed by atoms with van der Waals surface area (Å²) in [4.78, 5) is 27.8. The Morgan fingerprint density at radius 1 is 1.04 bits per heavy atom. The van der Waals surface area contributed by atoms with Crippen LogP contribution in [0.25, 0.3) is 5.69 Å². The molecule has 0 saturated heterocycles. The molecule has 0 bridgehead atoms. The monoisotopic (exact) mass is 338 g/mol. The van der Waals surface area contributed by atoms with Crippen LogP contribution in [0.4, 0.5) is 10.1 Å². The molecule has 2 aromatic carbocycles. The molecule has 1 heterocycles. The molecule has 0 fully saturated rings. The van der Waals surface area contributed by atoms with Crippen molar-refractivity contribution in [3.63, 3.8) is 0 Å². The van der Waals surface area contributed by atoms with Crippen LogP contribution in [-0.4, -0.2) is 27.9 Å². The van der Waals surface area contributed by atoms with E-state index in [2.05, 4.69) is 15.6 Å². The van der Waals surface area contributed by atoms with Crippen LogP contribution in [-0.2, 0) is 4.79 Å². The largest absolute Gasteiger partial charge is 0.343 e. The molecule has 7 heteroatoms. The number of hydrogen-bond acceptors (Lipinski definition) is 3. The third-order valence-corrected chi connectivity index (χ3v) is 3.47. The average Bonchev–Trinajstić information content (AvgIpc) is 3.15. The second-order valence-corrected chi connectivity index (χ2v) is 5.25. The van der Waals surface area contributed by atoms with Gasteiger partial charge in [0.05, 0.1) is 12.9 Å². The lowest BCUT2D eigenvalue weighted by Crippen LogP contribution is -2.32. The van der Waals surface area contributed by atoms with Gasteiger partial charge in [0.15, 0.2) is 0 Å². The summed E-state index contributed by atoms with van der Waals surface area (Å²) in [6.45, 7) is -0.181. The maximum absolute atomic E-state index is 12.8. The highest BCUT2D eigenvalue weighted by Gasteiger charge is 2.08. The van der Waals surface area contributed by atoms with Gasteiger partial charge in [-0.15, -0.1) is 0 Å². The van der Waals surface area contributed by atoms with Crippen LogP contribution in [0, 0.1) is 5.82 Å². The second kappa shape index (κ2) is 7.39. The molecule has 1 aromatic heterocycles. The maximum Gasteiger partial charge on any atom is 0.251 e. The van der Waals surface area contributed by atoms with Crippen molar-refractivity contribution >= 4 is 17.5 Å². The topological polar surface area (TPSA) is 76.0 Å². The normalized spacial score (nSPS) is 10.3. The van der Waals surface area contributed by atoms with Gasteiger partial charge in [-0.2, -0.15) is 0 Å². The van der Waals surface area contributed by atoms with Crippen LogP contribution < -0.4 is 10.6 Å². The number of amides is 2. The van der Waals surface area contributed by atoms with E-state index in [-0.39, 0.29) is 12.5 Å². The zero-order chi connectivity index (χ0) is 17.6. The average molecular weight is 338 g/mol. The van der Waals surface area contributed by atoms with Gasteiger partial charge in [0.2, 0.25) is 5.91 Å². The molecule has 0 aliphatic rings. The van der Waals surface area contributed by atoms with Crippen molar-refractivity contribution in [1.29, 1.82) is 0 Å². The molecule has 0 saturated carbocycles. The molecular weight excluding hydrogens is 323 g/mol. The second-order valence-electron chi connectivity index (χ2n) is 5.25. The molecule has 0 aliphatic carbocycles. The van der Waals surface area contributed by atoms with Crippen molar-refractivity contribution in [2.45, 2.75) is 0 Å². The first-order valence-corrected chi connectivity index (χ1v) is 7.54. The van der Waals surface area contributed by atoms with Crippen LogP contribution in [0.15, 0.2) is 67.3 Å². The van der Waals surface area contributed by atoms with Crippen molar-refractivity contribution in [3.8, 4) is 5.69 Å². The molecule has 3 aromatic rings. The fourth-order valence-corrected chi connectivity index (χ4v) is 2.20. The minimum atomic E-state index is -0.439. The van der Waals surface area contributed by atoms with Crippen LogP contribution in [0.1, 0.15) is 10.4 Å². The molecule has 2 N–H and O–H groups in total. The number of carbonyl (C=O) groups excluding carboxylic acids is 2. The summed E-state index contributed by atoms with van der Waals surface area (Å²) in [7, 11) is 0. The zero-order valence-electron chi connectivity index (χ0n) is 13.1. The highest BCUT2D eigenvalue weighted by Crippen LogP contribution is 2.12. The van der Waals surface area contributed by atoms with Crippen molar-refractivity contribution < 1.29 is 14.0 Å². The molecule has 0 radical (unpaired) electrons. The highest BCUT2D eigenvalue weighted by molar-refractivity contribution is 5.99. The van der Waals surface area contributed by atoms with Crippen LogP contribution in [0.5, 0.6) is 0 Å². The number of halogens is 1. The molecule has 6 nitrogen and oxygen atoms in total. The smallest absolute Gasteiger partial charge is 0.251 e. The van der Waals surface area contributed by atoms with Gasteiger partial charge in [0.1, 0.15) is 5.82 Å². The number of imidazole rings is 1. The Labute approximate surface area is 143 Å². The number of nitrogens with zero attached hydrogens (tertiary/aromatic N) is 2. The third-order valence-electron chi connectivity index (χ3n) is 3.47. The van der Waals surface area contributed by atoms with E-state index in [0.717, 1.165) is 5.69 Å². The Morgan fingerprint density at radius 3 is 2.40 bits per heavy atom. The summed E-state index contributed by atoms with van der Waals surface area (Å²) in [6.07, 6.45) is 5.18. The summed E-state index contributed by atoms with van der Waals surface area (Å²) in [5.74, 6) is -1.22. The summed E-state index contributed by atoms with van der Waals surface area (Å²) >= 11 is 0. The van der Waals surface area contributed by atoms with E-state index < -0.39 is 11.7 Å². The maximum atomic E-state index is 12.8. The molecule has 0 aliphatic heterocycles. The molecule has 0 spiro atoms. The predicted molar refractivity (Wildman–Crippen MR) is 90.9 cm³/mol. The van der Waals surface area contributed by atoms with Crippen molar-refractivity contribution in [2.24, 2.45) is 0 Å². The van der Waals surface area contributed by atoms with Gasteiger partial charge in [0, 0.05) is 29.3 Å². The molecular formula is C18H15FN4O2. The summed E-state index contributed by atoms with van der Waals surface area (Å²) < 4.78 is 14.7. The van der Waals surface area contributed by atoms with Crippen LogP contribution in [0.2, 0.25) is 0 Å². The lowest BCUT2D eigenvalue weighted by atomic mass is 10.2. The standard InChI is InChI=1S/C18H15FN4O2/c19-14-3-1-13(2-4-14)18(25)21-11-17(24)22-15-5-7-16(8-6-15)23-10-9-20-12-23/h1-10,12H,11H2,(H,21,25)(H,22,24). The van der Waals surface area contributed by atoms with E-state index in [1.807, 2.05) is 22.9 Å². The van der Waals surface area contributed by atoms with Gasteiger partial charge >= 0.3 is 0 Å². The van der Waals surface area contributed by atoms with Gasteiger partial charge in [0.25, 0.3) is 5.91 Å². The van der Waals surface area contributed by atoms with E-state index in [1.165, 1.54) is 24.3 Å². The lowest BCUT2D eigenvalue weighted by molar-refractivity contribution is -0.115. The molecule has 126 valence electrons. The highest BCUT2D eigenvalue weighted by atomic mass is 19.1. The van der Waals surface area contributed by atoms with E-state index >= 15 is 0 Å². The third kappa shape index (κ3) is 4.29. The van der Waals surface area contributed by atoms with Crippen LogP contribution in [0.3, 0.4) is 0 Å². The Kier molecular flexibility index (Phi) is 4.84. The van der Waals surface area contributed by atoms with E-state index in [9.17, 15) is 14.0 Å². The first-order valence-electron chi connectivity index (χ1n) is 7.54. The van der Waals surface area contributed by atoms with Crippen LogP contribution >= 0.6 is 0 Å². The predicted octanol–water partition coefficient (Wildman–Crippen LogP) is 2.38. The first-order chi connectivity index (χ1) is 12.1. The molecule has 0 atom stereocenters. The minimum absolute atomic E-state index is 0.181. The Hall–Kier alpha value is -3.48. The minimum Gasteiger partial charge on any atom is -0.343 e. The van der Waals surface area contributed by atoms with Crippen molar-refractivity contribution in [1.82, 2.24) is 14.9 Å². The Bertz CT molecular complexity index is 859. The number of anilines is 1. The SMILES string of the molecule is O=C(CNC(=O)c1ccc(F)cc1)Nc1ccc(-n2ccnc2)cc1. The van der Waals surface area contributed by atoms with E-state index in [1.54, 1.807) is 24.7 Å². The Morgan fingerprint density at radius 2 is 1.76 bits per heavy atom. The van der Waals surface area contributed by atoms with Gasteiger partial charge < -0.3 is 15.2 Å². The zero-order valence-corrected chi connectivity index (χ0v) is 13.1. The molecule has 2 amide bonds. The molecule has 3 rings (SSSR count). The summed E-state index contributed by atoms with van der Waals surface area (Å²) in [5.41, 5.74) is 1.82. The number of rotatable bonds is 5. The number of nitrogens with one attached hydrogen (secondary N) is 2. The van der Waals surface area contributed by atoms with E-state index in [0.29, 0.717) is 11.3 Å². The number of benzene rings is 2. The number of aromatic nitrogens is 2. The van der Waals surface area contributed by atoms with E-state index in [4.69, 9.17) is 0 Å². The van der Waals surface area contributed by atoms with Crippen molar-refractivity contribution in [2.75, 3.05) is 11.9 Å². The van der Waals surface area contributed by atoms with Gasteiger partial charge in [-0.05, 0) is 48.5 Å². The molecule has 0 unspecified atom stereocenters. The van der Waals surface area contributed by atoms with Gasteiger partial charge in [-0.3, -0.25) is 9.59 Å². The number of hydrogen-bond donors (Lipinski definition) is 2. The van der Waals surface area contributed by atoms with Gasteiger partial charge in [-0.1, -0.05) is 0 Å². The summed E-state index contributed by atoms with van der Waals surface area (Å²) in [6, 6.07) is 12.3. The fraction of sp³-hybridized carbons (Fsp3) is 0.0556.